The molecule has 2 aromatic heterocycles. The normalized spacial score (nSPS) is 11.6. The van der Waals surface area contributed by atoms with Gasteiger partial charge in [0.15, 0.2) is 0 Å². The summed E-state index contributed by atoms with van der Waals surface area (Å²) in [6.45, 7) is 6.34. The molecule has 0 aliphatic heterocycles. The van der Waals surface area contributed by atoms with E-state index in [0.717, 1.165) is 27.6 Å². The molecule has 0 saturated carbocycles. The lowest BCUT2D eigenvalue weighted by molar-refractivity contribution is 0.282. The average molecular weight is 347 g/mol. The van der Waals surface area contributed by atoms with Crippen molar-refractivity contribution in [1.82, 2.24) is 14.7 Å². The van der Waals surface area contributed by atoms with Crippen LogP contribution in [0.15, 0.2) is 53.2 Å². The van der Waals surface area contributed by atoms with E-state index in [0.29, 0.717) is 17.8 Å². The number of aromatic nitrogens is 3. The predicted molar refractivity (Wildman–Crippen MR) is 102 cm³/mol. The second-order valence-electron chi connectivity index (χ2n) is 6.82. The standard InChI is InChI=1S/C21H21N3O2/c1-13(2)24-9-8-16-11-17(5-7-19(16)24)21-22-20(23-26-21)18-6-4-15(12-25)10-14(18)3/h4-11,13,25H,12H2,1-3H3. The lowest BCUT2D eigenvalue weighted by Crippen LogP contribution is -1.97. The molecule has 0 atom stereocenters. The van der Waals surface area contributed by atoms with Crippen molar-refractivity contribution in [3.05, 3.63) is 59.8 Å². The third kappa shape index (κ3) is 2.80. The molecule has 0 bridgehead atoms. The number of fused-ring (bicyclic) bond motifs is 1. The van der Waals surface area contributed by atoms with Gasteiger partial charge in [-0.05, 0) is 56.2 Å². The van der Waals surface area contributed by atoms with E-state index in [9.17, 15) is 5.11 Å². The van der Waals surface area contributed by atoms with Crippen LogP contribution in [0.4, 0.5) is 0 Å². The van der Waals surface area contributed by atoms with E-state index in [-0.39, 0.29) is 6.61 Å². The molecule has 5 nitrogen and oxygen atoms in total. The Balaban J connectivity index is 1.71. The molecule has 0 saturated heterocycles. The van der Waals surface area contributed by atoms with Crippen LogP contribution >= 0.6 is 0 Å². The van der Waals surface area contributed by atoms with Crippen LogP contribution in [0.3, 0.4) is 0 Å². The molecule has 4 aromatic rings. The SMILES string of the molecule is Cc1cc(CO)ccc1-c1noc(-c2ccc3c(ccn3C(C)C)c2)n1. The monoisotopic (exact) mass is 347 g/mol. The van der Waals surface area contributed by atoms with Gasteiger partial charge in [-0.15, -0.1) is 0 Å². The summed E-state index contributed by atoms with van der Waals surface area (Å²) >= 11 is 0. The maximum Gasteiger partial charge on any atom is 0.258 e. The minimum atomic E-state index is 0.0225. The summed E-state index contributed by atoms with van der Waals surface area (Å²) in [5.41, 5.74) is 4.88. The molecule has 0 unspecified atom stereocenters. The third-order valence-electron chi connectivity index (χ3n) is 4.66. The highest BCUT2D eigenvalue weighted by Crippen LogP contribution is 2.28. The number of nitrogens with zero attached hydrogens (tertiary/aromatic N) is 3. The highest BCUT2D eigenvalue weighted by atomic mass is 16.5. The van der Waals surface area contributed by atoms with E-state index in [2.05, 4.69) is 53.0 Å². The van der Waals surface area contributed by atoms with Crippen molar-refractivity contribution in [2.45, 2.75) is 33.4 Å². The first-order valence-electron chi connectivity index (χ1n) is 8.72. The zero-order valence-electron chi connectivity index (χ0n) is 15.1. The smallest absolute Gasteiger partial charge is 0.258 e. The van der Waals surface area contributed by atoms with Gasteiger partial charge in [-0.2, -0.15) is 4.98 Å². The van der Waals surface area contributed by atoms with Crippen LogP contribution in [0.2, 0.25) is 0 Å². The van der Waals surface area contributed by atoms with Gasteiger partial charge in [-0.25, -0.2) is 0 Å². The lowest BCUT2D eigenvalue weighted by Gasteiger charge is -2.09. The molecule has 0 fully saturated rings. The summed E-state index contributed by atoms with van der Waals surface area (Å²) in [6, 6.07) is 14.4. The summed E-state index contributed by atoms with van der Waals surface area (Å²) in [6.07, 6.45) is 2.10. The fraction of sp³-hybridized carbons (Fsp3) is 0.238. The van der Waals surface area contributed by atoms with Gasteiger partial charge < -0.3 is 14.2 Å². The second-order valence-corrected chi connectivity index (χ2v) is 6.82. The number of benzene rings is 2. The first-order valence-corrected chi connectivity index (χ1v) is 8.72. The Morgan fingerprint density at radius 1 is 1.12 bits per heavy atom. The Bertz CT molecular complexity index is 1080. The summed E-state index contributed by atoms with van der Waals surface area (Å²) in [5, 5.41) is 14.5. The maximum atomic E-state index is 9.25. The minimum absolute atomic E-state index is 0.0225. The Morgan fingerprint density at radius 2 is 1.96 bits per heavy atom. The van der Waals surface area contributed by atoms with Crippen molar-refractivity contribution in [3.8, 4) is 22.8 Å². The molecular weight excluding hydrogens is 326 g/mol. The minimum Gasteiger partial charge on any atom is -0.392 e. The first-order chi connectivity index (χ1) is 12.6. The van der Waals surface area contributed by atoms with Crippen LogP contribution < -0.4 is 0 Å². The molecule has 0 radical (unpaired) electrons. The van der Waals surface area contributed by atoms with E-state index >= 15 is 0 Å². The van der Waals surface area contributed by atoms with Crippen LogP contribution in [0.25, 0.3) is 33.7 Å². The second kappa shape index (κ2) is 6.42. The van der Waals surface area contributed by atoms with Gasteiger partial charge in [0.25, 0.3) is 5.89 Å². The van der Waals surface area contributed by atoms with Crippen molar-refractivity contribution >= 4 is 10.9 Å². The van der Waals surface area contributed by atoms with Gasteiger partial charge in [0.05, 0.1) is 6.61 Å². The van der Waals surface area contributed by atoms with Crippen molar-refractivity contribution in [2.75, 3.05) is 0 Å². The summed E-state index contributed by atoms with van der Waals surface area (Å²) in [4.78, 5) is 4.57. The first kappa shape index (κ1) is 16.5. The van der Waals surface area contributed by atoms with Gasteiger partial charge in [-0.3, -0.25) is 0 Å². The topological polar surface area (TPSA) is 64.1 Å². The molecule has 0 amide bonds. The largest absolute Gasteiger partial charge is 0.392 e. The van der Waals surface area contributed by atoms with Crippen molar-refractivity contribution in [2.24, 2.45) is 0 Å². The molecule has 5 heteroatoms. The Morgan fingerprint density at radius 3 is 2.69 bits per heavy atom. The number of hydrogen-bond acceptors (Lipinski definition) is 4. The number of aryl methyl sites for hydroxylation is 1. The van der Waals surface area contributed by atoms with Crippen LogP contribution in [0.1, 0.15) is 31.0 Å². The third-order valence-corrected chi connectivity index (χ3v) is 4.66. The summed E-state index contributed by atoms with van der Waals surface area (Å²) in [7, 11) is 0. The van der Waals surface area contributed by atoms with Crippen LogP contribution in [0.5, 0.6) is 0 Å². The zero-order chi connectivity index (χ0) is 18.3. The van der Waals surface area contributed by atoms with Crippen LogP contribution in [0, 0.1) is 6.92 Å². The molecule has 2 aromatic carbocycles. The molecule has 4 rings (SSSR count). The van der Waals surface area contributed by atoms with Gasteiger partial charge >= 0.3 is 0 Å². The van der Waals surface area contributed by atoms with Crippen molar-refractivity contribution in [3.63, 3.8) is 0 Å². The van der Waals surface area contributed by atoms with E-state index < -0.39 is 0 Å². The molecule has 0 aliphatic rings. The maximum absolute atomic E-state index is 9.25. The fourth-order valence-corrected chi connectivity index (χ4v) is 3.27. The molecular formula is C21H21N3O2. The number of hydrogen-bond donors (Lipinski definition) is 1. The highest BCUT2D eigenvalue weighted by Gasteiger charge is 2.14. The molecule has 132 valence electrons. The molecule has 2 heterocycles. The van der Waals surface area contributed by atoms with E-state index in [1.54, 1.807) is 0 Å². The average Bonchev–Trinajstić information content (AvgIpc) is 3.28. The van der Waals surface area contributed by atoms with E-state index in [1.807, 2.05) is 31.2 Å². The van der Waals surface area contributed by atoms with E-state index in [4.69, 9.17) is 4.52 Å². The molecule has 0 aliphatic carbocycles. The number of aliphatic hydroxyl groups excluding tert-OH is 1. The Labute approximate surface area is 151 Å². The van der Waals surface area contributed by atoms with Gasteiger partial charge in [0.1, 0.15) is 0 Å². The molecule has 0 spiro atoms. The Hall–Kier alpha value is -2.92. The fourth-order valence-electron chi connectivity index (χ4n) is 3.27. The lowest BCUT2D eigenvalue weighted by atomic mass is 10.1. The molecule has 1 N–H and O–H groups in total. The zero-order valence-corrected chi connectivity index (χ0v) is 15.1. The highest BCUT2D eigenvalue weighted by molar-refractivity contribution is 5.84. The summed E-state index contributed by atoms with van der Waals surface area (Å²) in [5.74, 6) is 1.06. The van der Waals surface area contributed by atoms with Gasteiger partial charge in [0, 0.05) is 34.3 Å². The number of rotatable bonds is 4. The van der Waals surface area contributed by atoms with Crippen molar-refractivity contribution in [1.29, 1.82) is 0 Å². The van der Waals surface area contributed by atoms with Crippen LogP contribution in [-0.2, 0) is 6.61 Å². The van der Waals surface area contributed by atoms with Gasteiger partial charge in [0.2, 0.25) is 5.82 Å². The van der Waals surface area contributed by atoms with Crippen molar-refractivity contribution < 1.29 is 9.63 Å². The quantitative estimate of drug-likeness (QED) is 0.579. The summed E-state index contributed by atoms with van der Waals surface area (Å²) < 4.78 is 7.74. The number of aliphatic hydroxyl groups is 1. The molecule has 26 heavy (non-hydrogen) atoms. The Kier molecular flexibility index (Phi) is 4.09. The predicted octanol–water partition coefficient (Wildman–Crippen LogP) is 4.74. The van der Waals surface area contributed by atoms with Gasteiger partial charge in [-0.1, -0.05) is 23.4 Å². The van der Waals surface area contributed by atoms with Crippen LogP contribution in [-0.4, -0.2) is 19.8 Å². The van der Waals surface area contributed by atoms with E-state index in [1.165, 1.54) is 5.52 Å².